The molecule has 0 saturated carbocycles. The van der Waals surface area contributed by atoms with Crippen LogP contribution >= 0.6 is 11.6 Å². The molecule has 5 heteroatoms. The van der Waals surface area contributed by atoms with Crippen LogP contribution in [0.15, 0.2) is 61.3 Å². The van der Waals surface area contributed by atoms with Gasteiger partial charge in [0.2, 0.25) is 0 Å². The fraction of sp³-hybridized carbons (Fsp3) is 0.345. The summed E-state index contributed by atoms with van der Waals surface area (Å²) in [5.41, 5.74) is 5.30. The predicted molar refractivity (Wildman–Crippen MR) is 145 cm³/mol. The third-order valence-electron chi connectivity index (χ3n) is 6.24. The van der Waals surface area contributed by atoms with Gasteiger partial charge in [0.1, 0.15) is 5.82 Å². The van der Waals surface area contributed by atoms with Gasteiger partial charge in [0.05, 0.1) is 16.2 Å². The Morgan fingerprint density at radius 3 is 2.50 bits per heavy atom. The molecule has 0 bridgehead atoms. The number of nitrogens with zero attached hydrogens (tertiary/aromatic N) is 3. The maximum atomic E-state index is 13.4. The summed E-state index contributed by atoms with van der Waals surface area (Å²) >= 11 is 6.34. The minimum atomic E-state index is -0.223. The summed E-state index contributed by atoms with van der Waals surface area (Å²) in [7, 11) is 2.19. The summed E-state index contributed by atoms with van der Waals surface area (Å²) in [5.74, 6) is -0.223. The lowest BCUT2D eigenvalue weighted by Gasteiger charge is -2.35. The summed E-state index contributed by atoms with van der Waals surface area (Å²) in [6.45, 7) is 16.6. The molecule has 0 atom stereocenters. The molecule has 1 saturated heterocycles. The zero-order valence-corrected chi connectivity index (χ0v) is 21.3. The van der Waals surface area contributed by atoms with Gasteiger partial charge in [0, 0.05) is 42.8 Å². The van der Waals surface area contributed by atoms with Crippen molar-refractivity contribution in [2.45, 2.75) is 33.1 Å². The number of rotatable bonds is 6. The first-order valence-corrected chi connectivity index (χ1v) is 12.3. The largest absolute Gasteiger partial charge is 0.373 e. The molecule has 4 rings (SSSR count). The molecular formula is C29H35ClFN3. The number of benzene rings is 2. The number of likely N-dealkylation sites (N-methyl/N-ethyl adjacent to an activating group) is 1. The number of pyridine rings is 1. The molecule has 2 aromatic carbocycles. The van der Waals surface area contributed by atoms with E-state index < -0.39 is 0 Å². The fourth-order valence-corrected chi connectivity index (χ4v) is 4.21. The van der Waals surface area contributed by atoms with E-state index in [0.717, 1.165) is 27.7 Å². The van der Waals surface area contributed by atoms with E-state index in [9.17, 15) is 4.39 Å². The van der Waals surface area contributed by atoms with E-state index in [0.29, 0.717) is 10.6 Å². The van der Waals surface area contributed by atoms with Crippen molar-refractivity contribution in [3.05, 3.63) is 83.3 Å². The summed E-state index contributed by atoms with van der Waals surface area (Å²) in [6, 6.07) is 12.6. The Bertz CT molecular complexity index is 1150. The molecule has 0 unspecified atom stereocenters. The summed E-state index contributed by atoms with van der Waals surface area (Å²) < 4.78 is 13.4. The van der Waals surface area contributed by atoms with Crippen LogP contribution in [0.2, 0.25) is 5.02 Å². The third kappa shape index (κ3) is 6.68. The number of fused-ring (bicyclic) bond motifs is 1. The van der Waals surface area contributed by atoms with Crippen molar-refractivity contribution in [3.63, 3.8) is 0 Å². The number of allylic oxidation sites excluding steroid dienone is 1. The number of hydrogen-bond acceptors (Lipinski definition) is 3. The Labute approximate surface area is 208 Å². The highest BCUT2D eigenvalue weighted by atomic mass is 35.5. The average Bonchev–Trinajstić information content (AvgIpc) is 2.84. The third-order valence-corrected chi connectivity index (χ3v) is 6.55. The van der Waals surface area contributed by atoms with E-state index in [1.807, 2.05) is 24.3 Å². The molecule has 34 heavy (non-hydrogen) atoms. The second-order valence-corrected chi connectivity index (χ2v) is 9.30. The first-order chi connectivity index (χ1) is 16.3. The van der Waals surface area contributed by atoms with Crippen LogP contribution in [0, 0.1) is 12.7 Å². The number of piperazine rings is 1. The lowest BCUT2D eigenvalue weighted by Crippen LogP contribution is -2.43. The standard InChI is InChI=1S/C18H13ClFN.C11H22N2/c1-3-12-4-6-14-15(19)10-17(21-18(14)9-12)13-5-7-16(20)11(2)8-13;1-4-5-6-11(2)13-9-7-12(3)8-10-13/h3-10H,1H2,2H3;2,4-10H2,1,3H3. The van der Waals surface area contributed by atoms with E-state index in [1.54, 1.807) is 25.1 Å². The number of aryl methyl sites for hydroxylation is 1. The van der Waals surface area contributed by atoms with E-state index >= 15 is 0 Å². The molecule has 1 aliphatic heterocycles. The van der Waals surface area contributed by atoms with Crippen LogP contribution in [0.3, 0.4) is 0 Å². The molecule has 0 N–H and O–H groups in total. The van der Waals surface area contributed by atoms with E-state index in [2.05, 4.69) is 41.9 Å². The van der Waals surface area contributed by atoms with Gasteiger partial charge >= 0.3 is 0 Å². The highest BCUT2D eigenvalue weighted by molar-refractivity contribution is 6.35. The van der Waals surface area contributed by atoms with Crippen molar-refractivity contribution in [2.24, 2.45) is 0 Å². The second kappa shape index (κ2) is 12.1. The molecule has 1 aliphatic rings. The normalized spacial score (nSPS) is 14.0. The van der Waals surface area contributed by atoms with Gasteiger partial charge in [-0.15, -0.1) is 0 Å². The number of aromatic nitrogens is 1. The van der Waals surface area contributed by atoms with Gasteiger partial charge in [0.25, 0.3) is 0 Å². The minimum absolute atomic E-state index is 0.223. The smallest absolute Gasteiger partial charge is 0.126 e. The fourth-order valence-electron chi connectivity index (χ4n) is 3.94. The van der Waals surface area contributed by atoms with Gasteiger partial charge in [-0.1, -0.05) is 56.3 Å². The zero-order chi connectivity index (χ0) is 24.7. The Hall–Kier alpha value is -2.69. The molecular weight excluding hydrogens is 445 g/mol. The monoisotopic (exact) mass is 479 g/mol. The lowest BCUT2D eigenvalue weighted by molar-refractivity contribution is 0.182. The molecule has 3 aromatic rings. The Balaban J connectivity index is 0.000000215. The second-order valence-electron chi connectivity index (χ2n) is 8.89. The molecule has 180 valence electrons. The zero-order valence-electron chi connectivity index (χ0n) is 20.6. The Morgan fingerprint density at radius 1 is 1.12 bits per heavy atom. The van der Waals surface area contributed by atoms with Crippen LogP contribution in [0.5, 0.6) is 0 Å². The number of hydrogen-bond donors (Lipinski definition) is 0. The van der Waals surface area contributed by atoms with Gasteiger partial charge in [-0.05, 0) is 68.3 Å². The predicted octanol–water partition coefficient (Wildman–Crippen LogP) is 7.58. The van der Waals surface area contributed by atoms with Gasteiger partial charge in [-0.3, -0.25) is 0 Å². The van der Waals surface area contributed by atoms with Crippen molar-refractivity contribution < 1.29 is 4.39 Å². The Morgan fingerprint density at radius 2 is 1.85 bits per heavy atom. The molecule has 0 radical (unpaired) electrons. The highest BCUT2D eigenvalue weighted by Gasteiger charge is 2.14. The molecule has 0 amide bonds. The Kier molecular flexibility index (Phi) is 9.26. The van der Waals surface area contributed by atoms with Gasteiger partial charge in [-0.2, -0.15) is 0 Å². The molecule has 0 spiro atoms. The van der Waals surface area contributed by atoms with Gasteiger partial charge in [0.15, 0.2) is 0 Å². The SMILES string of the molecule is C=C(CCCC)N1CCN(C)CC1.C=Cc1ccc2c(Cl)cc(-c3ccc(F)c(C)c3)nc2c1. The molecule has 2 heterocycles. The first kappa shape index (κ1) is 25.9. The van der Waals surface area contributed by atoms with Crippen molar-refractivity contribution in [2.75, 3.05) is 33.2 Å². The molecule has 0 aliphatic carbocycles. The van der Waals surface area contributed by atoms with E-state index in [4.69, 9.17) is 11.6 Å². The minimum Gasteiger partial charge on any atom is -0.373 e. The van der Waals surface area contributed by atoms with Crippen LogP contribution in [-0.4, -0.2) is 48.0 Å². The molecule has 1 aromatic heterocycles. The van der Waals surface area contributed by atoms with Crippen LogP contribution in [0.25, 0.3) is 28.2 Å². The van der Waals surface area contributed by atoms with E-state index in [-0.39, 0.29) is 5.82 Å². The lowest BCUT2D eigenvalue weighted by atomic mass is 10.1. The maximum absolute atomic E-state index is 13.4. The summed E-state index contributed by atoms with van der Waals surface area (Å²) in [5, 5.41) is 1.53. The molecule has 3 nitrogen and oxygen atoms in total. The van der Waals surface area contributed by atoms with Crippen LogP contribution in [0.1, 0.15) is 37.3 Å². The maximum Gasteiger partial charge on any atom is 0.126 e. The quantitative estimate of drug-likeness (QED) is 0.363. The van der Waals surface area contributed by atoms with Crippen LogP contribution in [0.4, 0.5) is 4.39 Å². The van der Waals surface area contributed by atoms with Crippen LogP contribution < -0.4 is 0 Å². The topological polar surface area (TPSA) is 19.4 Å². The van der Waals surface area contributed by atoms with Crippen LogP contribution in [-0.2, 0) is 0 Å². The van der Waals surface area contributed by atoms with Gasteiger partial charge < -0.3 is 9.80 Å². The average molecular weight is 480 g/mol. The number of halogens is 2. The van der Waals surface area contributed by atoms with Crippen molar-refractivity contribution >= 4 is 28.6 Å². The van der Waals surface area contributed by atoms with Gasteiger partial charge in [-0.25, -0.2) is 9.37 Å². The molecule has 1 fully saturated rings. The summed E-state index contributed by atoms with van der Waals surface area (Å²) in [6.07, 6.45) is 5.50. The van der Waals surface area contributed by atoms with E-state index in [1.165, 1.54) is 57.2 Å². The summed E-state index contributed by atoms with van der Waals surface area (Å²) in [4.78, 5) is 9.45. The van der Waals surface area contributed by atoms with Crippen molar-refractivity contribution in [1.29, 1.82) is 0 Å². The van der Waals surface area contributed by atoms with Crippen molar-refractivity contribution in [3.8, 4) is 11.3 Å². The first-order valence-electron chi connectivity index (χ1n) is 11.9. The number of unbranched alkanes of at least 4 members (excludes halogenated alkanes) is 1. The highest BCUT2D eigenvalue weighted by Crippen LogP contribution is 2.29. The van der Waals surface area contributed by atoms with Crippen molar-refractivity contribution in [1.82, 2.24) is 14.8 Å².